The fourth-order valence-electron chi connectivity index (χ4n) is 2.65. The minimum absolute atomic E-state index is 0.0860. The average Bonchev–Trinajstić information content (AvgIpc) is 2.59. The standard InChI is InChI=1S/C17H14Cl2F2N4OS/c1-17(4-5-27-16(22)25-17)8-2-3-10(20)12(6-8)23-15(26)9-7-11(21)14(19)24-13(9)18/h2-3,6-7H,4-5H2,1H3,(H2,22,25)(H,23,26). The third kappa shape index (κ3) is 4.17. The van der Waals surface area contributed by atoms with E-state index in [4.69, 9.17) is 28.9 Å². The molecule has 142 valence electrons. The van der Waals surface area contributed by atoms with Crippen molar-refractivity contribution in [3.63, 3.8) is 0 Å². The second-order valence-corrected chi connectivity index (χ2v) is 7.90. The zero-order valence-electron chi connectivity index (χ0n) is 14.0. The molecule has 5 nitrogen and oxygen atoms in total. The highest BCUT2D eigenvalue weighted by molar-refractivity contribution is 8.13. The van der Waals surface area contributed by atoms with Crippen molar-refractivity contribution in [3.05, 3.63) is 57.3 Å². The molecule has 0 saturated carbocycles. The van der Waals surface area contributed by atoms with E-state index in [1.165, 1.54) is 23.9 Å². The Bertz CT molecular complexity index is 957. The van der Waals surface area contributed by atoms with Gasteiger partial charge in [-0.05, 0) is 37.1 Å². The molecule has 27 heavy (non-hydrogen) atoms. The molecule has 10 heteroatoms. The zero-order valence-corrected chi connectivity index (χ0v) is 16.4. The summed E-state index contributed by atoms with van der Waals surface area (Å²) in [4.78, 5) is 20.4. The molecule has 1 aliphatic rings. The number of aliphatic imine (C=N–C) groups is 1. The molecule has 1 amide bonds. The Morgan fingerprint density at radius 2 is 2.00 bits per heavy atom. The van der Waals surface area contributed by atoms with Gasteiger partial charge in [-0.3, -0.25) is 9.79 Å². The minimum Gasteiger partial charge on any atom is -0.379 e. The van der Waals surface area contributed by atoms with Gasteiger partial charge in [0.15, 0.2) is 16.1 Å². The van der Waals surface area contributed by atoms with Crippen LogP contribution in [0.4, 0.5) is 14.5 Å². The number of nitrogens with zero attached hydrogens (tertiary/aromatic N) is 2. The Morgan fingerprint density at radius 1 is 1.26 bits per heavy atom. The summed E-state index contributed by atoms with van der Waals surface area (Å²) in [6.07, 6.45) is 0.704. The molecule has 1 aromatic heterocycles. The smallest absolute Gasteiger partial charge is 0.258 e. The fourth-order valence-corrected chi connectivity index (χ4v) is 4.03. The van der Waals surface area contributed by atoms with E-state index in [1.807, 2.05) is 6.92 Å². The Hall–Kier alpha value is -1.90. The summed E-state index contributed by atoms with van der Waals surface area (Å²) in [6.45, 7) is 1.88. The number of nitrogens with one attached hydrogen (secondary N) is 1. The molecular formula is C17H14Cl2F2N4OS. The summed E-state index contributed by atoms with van der Waals surface area (Å²) >= 11 is 12.8. The van der Waals surface area contributed by atoms with Gasteiger partial charge in [-0.25, -0.2) is 13.8 Å². The predicted molar refractivity (Wildman–Crippen MR) is 105 cm³/mol. The molecule has 3 N–H and O–H groups in total. The number of rotatable bonds is 3. The first-order chi connectivity index (χ1) is 12.7. The topological polar surface area (TPSA) is 80.4 Å². The van der Waals surface area contributed by atoms with Crippen LogP contribution in [0.1, 0.15) is 29.3 Å². The van der Waals surface area contributed by atoms with E-state index >= 15 is 0 Å². The molecule has 1 atom stereocenters. The Labute approximate surface area is 168 Å². The number of amidine groups is 1. The lowest BCUT2D eigenvalue weighted by atomic mass is 9.89. The number of nitrogens with two attached hydrogens (primary N) is 1. The number of anilines is 1. The average molecular weight is 431 g/mol. The second kappa shape index (κ2) is 7.61. The molecule has 0 radical (unpaired) electrons. The molecule has 0 bridgehead atoms. The molecule has 2 aromatic rings. The number of hydrogen-bond acceptors (Lipinski definition) is 5. The number of carbonyl (C=O) groups is 1. The van der Waals surface area contributed by atoms with Gasteiger partial charge in [0.2, 0.25) is 0 Å². The molecule has 1 unspecified atom stereocenters. The number of thioether (sulfide) groups is 1. The van der Waals surface area contributed by atoms with E-state index in [0.717, 1.165) is 11.8 Å². The van der Waals surface area contributed by atoms with Crippen molar-refractivity contribution in [1.29, 1.82) is 0 Å². The largest absolute Gasteiger partial charge is 0.379 e. The summed E-state index contributed by atoms with van der Waals surface area (Å²) in [5.74, 6) is -1.60. The maximum atomic E-state index is 14.2. The lowest BCUT2D eigenvalue weighted by molar-refractivity contribution is 0.102. The first kappa shape index (κ1) is 19.9. The normalized spacial score (nSPS) is 19.5. The summed E-state index contributed by atoms with van der Waals surface area (Å²) in [5, 5.41) is 2.10. The summed E-state index contributed by atoms with van der Waals surface area (Å²) in [7, 11) is 0. The van der Waals surface area contributed by atoms with Crippen molar-refractivity contribution in [2.75, 3.05) is 11.1 Å². The van der Waals surface area contributed by atoms with Crippen molar-refractivity contribution >= 4 is 51.7 Å². The lowest BCUT2D eigenvalue weighted by Crippen LogP contribution is -2.29. The van der Waals surface area contributed by atoms with Crippen molar-refractivity contribution in [2.24, 2.45) is 10.7 Å². The second-order valence-electron chi connectivity index (χ2n) is 6.07. The van der Waals surface area contributed by atoms with Crippen molar-refractivity contribution < 1.29 is 13.6 Å². The van der Waals surface area contributed by atoms with Crippen LogP contribution in [0.3, 0.4) is 0 Å². The number of amides is 1. The van der Waals surface area contributed by atoms with Gasteiger partial charge in [-0.15, -0.1) is 0 Å². The highest BCUT2D eigenvalue weighted by Gasteiger charge is 2.30. The lowest BCUT2D eigenvalue weighted by Gasteiger charge is -2.30. The highest BCUT2D eigenvalue weighted by atomic mass is 35.5. The molecule has 0 fully saturated rings. The highest BCUT2D eigenvalue weighted by Crippen LogP contribution is 2.36. The SMILES string of the molecule is CC1(c2ccc(F)c(NC(=O)c3cc(F)c(Cl)nc3Cl)c2)CCSC(N)=N1. The molecule has 0 aliphatic carbocycles. The number of benzene rings is 1. The Kier molecular flexibility index (Phi) is 5.60. The van der Waals surface area contributed by atoms with Gasteiger partial charge in [0, 0.05) is 5.75 Å². The van der Waals surface area contributed by atoms with Crippen molar-refractivity contribution in [3.8, 4) is 0 Å². The van der Waals surface area contributed by atoms with E-state index < -0.39 is 28.2 Å². The van der Waals surface area contributed by atoms with Gasteiger partial charge in [0.25, 0.3) is 5.91 Å². The van der Waals surface area contributed by atoms with Crippen LogP contribution in [0, 0.1) is 11.6 Å². The van der Waals surface area contributed by atoms with Crippen LogP contribution in [-0.2, 0) is 5.54 Å². The number of carbonyl (C=O) groups excluding carboxylic acids is 1. The van der Waals surface area contributed by atoms with E-state index in [2.05, 4.69) is 15.3 Å². The zero-order chi connectivity index (χ0) is 19.8. The predicted octanol–water partition coefficient (Wildman–Crippen LogP) is 4.59. The summed E-state index contributed by atoms with van der Waals surface area (Å²) in [6, 6.07) is 5.15. The van der Waals surface area contributed by atoms with Gasteiger partial charge in [0.05, 0.1) is 16.8 Å². The van der Waals surface area contributed by atoms with Crippen molar-refractivity contribution in [2.45, 2.75) is 18.9 Å². The first-order valence-corrected chi connectivity index (χ1v) is 9.55. The number of pyridine rings is 1. The summed E-state index contributed by atoms with van der Waals surface area (Å²) < 4.78 is 27.8. The van der Waals surface area contributed by atoms with E-state index in [1.54, 1.807) is 6.07 Å². The van der Waals surface area contributed by atoms with Crippen molar-refractivity contribution in [1.82, 2.24) is 4.98 Å². The van der Waals surface area contributed by atoms with Gasteiger partial charge in [-0.1, -0.05) is 41.0 Å². The van der Waals surface area contributed by atoms with Gasteiger partial charge in [0.1, 0.15) is 11.0 Å². The Morgan fingerprint density at radius 3 is 2.70 bits per heavy atom. The molecule has 0 spiro atoms. The Balaban J connectivity index is 1.93. The molecular weight excluding hydrogens is 417 g/mol. The number of halogens is 4. The molecule has 1 aliphatic heterocycles. The fraction of sp³-hybridized carbons (Fsp3) is 0.235. The number of aromatic nitrogens is 1. The molecule has 3 rings (SSSR count). The minimum atomic E-state index is -0.905. The molecule has 2 heterocycles. The van der Waals surface area contributed by atoms with Crippen LogP contribution in [0.5, 0.6) is 0 Å². The van der Waals surface area contributed by atoms with Crippen LogP contribution in [0.15, 0.2) is 29.3 Å². The first-order valence-electron chi connectivity index (χ1n) is 7.80. The maximum absolute atomic E-state index is 14.2. The quantitative estimate of drug-likeness (QED) is 0.697. The summed E-state index contributed by atoms with van der Waals surface area (Å²) in [5.41, 5.74) is 5.53. The monoisotopic (exact) mass is 430 g/mol. The van der Waals surface area contributed by atoms with Crippen LogP contribution < -0.4 is 11.1 Å². The third-order valence-electron chi connectivity index (χ3n) is 4.16. The van der Waals surface area contributed by atoms with Gasteiger partial charge in [-0.2, -0.15) is 0 Å². The van der Waals surface area contributed by atoms with Gasteiger partial charge < -0.3 is 11.1 Å². The molecule has 0 saturated heterocycles. The van der Waals surface area contributed by atoms with Crippen LogP contribution in [0.2, 0.25) is 10.3 Å². The van der Waals surface area contributed by atoms with E-state index in [-0.39, 0.29) is 16.4 Å². The maximum Gasteiger partial charge on any atom is 0.258 e. The molecule has 1 aromatic carbocycles. The van der Waals surface area contributed by atoms with Gasteiger partial charge >= 0.3 is 0 Å². The van der Waals surface area contributed by atoms with Crippen LogP contribution in [-0.4, -0.2) is 21.8 Å². The van der Waals surface area contributed by atoms with E-state index in [0.29, 0.717) is 17.2 Å². The van der Waals surface area contributed by atoms with E-state index in [9.17, 15) is 13.6 Å². The van der Waals surface area contributed by atoms with Crippen LogP contribution >= 0.6 is 35.0 Å². The third-order valence-corrected chi connectivity index (χ3v) is 5.51. The van der Waals surface area contributed by atoms with Crippen LogP contribution in [0.25, 0.3) is 0 Å². The number of hydrogen-bond donors (Lipinski definition) is 2.